The smallest absolute Gasteiger partial charge is 0.319 e. The average molecular weight is 578 g/mol. The molecule has 0 aliphatic carbocycles. The van der Waals surface area contributed by atoms with Gasteiger partial charge >= 0.3 is 5.97 Å². The molecule has 1 N–H and O–H groups in total. The SMILES string of the molecule is O=C(O)C(I)C(I)(I)I. The van der Waals surface area contributed by atoms with Gasteiger partial charge in [0.25, 0.3) is 0 Å². The van der Waals surface area contributed by atoms with E-state index in [1.807, 2.05) is 22.6 Å². The van der Waals surface area contributed by atoms with Crippen LogP contribution in [0.4, 0.5) is 0 Å². The number of hydrogen-bond acceptors (Lipinski definition) is 1. The van der Waals surface area contributed by atoms with Gasteiger partial charge in [0.1, 0.15) is 3.36 Å². The van der Waals surface area contributed by atoms with E-state index >= 15 is 0 Å². The summed E-state index contributed by atoms with van der Waals surface area (Å²) in [4.78, 5) is 10.3. The lowest BCUT2D eigenvalue weighted by Gasteiger charge is -2.14. The van der Waals surface area contributed by atoms with Gasteiger partial charge in [-0.2, -0.15) is 0 Å². The molecule has 0 aromatic carbocycles. The van der Waals surface area contributed by atoms with Crippen molar-refractivity contribution in [1.82, 2.24) is 0 Å². The Balaban J connectivity index is 4.04. The van der Waals surface area contributed by atoms with Crippen molar-refractivity contribution >= 4 is 96.3 Å². The fraction of sp³-hybridized carbons (Fsp3) is 0.667. The maximum Gasteiger partial charge on any atom is 0.319 e. The molecule has 0 amide bonds. The molecule has 0 spiro atoms. The summed E-state index contributed by atoms with van der Waals surface area (Å²) in [7, 11) is 0. The molecular formula is C3H2I4O2. The van der Waals surface area contributed by atoms with E-state index in [0.717, 1.165) is 0 Å². The lowest BCUT2D eigenvalue weighted by molar-refractivity contribution is -0.135. The molecule has 0 fully saturated rings. The van der Waals surface area contributed by atoms with Crippen molar-refractivity contribution in [2.24, 2.45) is 0 Å². The molecule has 54 valence electrons. The Morgan fingerprint density at radius 1 is 1.44 bits per heavy atom. The summed E-state index contributed by atoms with van der Waals surface area (Å²) in [6.45, 7) is 0. The molecule has 2 nitrogen and oxygen atoms in total. The zero-order valence-corrected chi connectivity index (χ0v) is 12.6. The van der Waals surface area contributed by atoms with E-state index in [-0.39, 0.29) is 3.36 Å². The Kier molecular flexibility index (Phi) is 5.60. The highest BCUT2D eigenvalue weighted by molar-refractivity contribution is 14.3. The third-order valence-corrected chi connectivity index (χ3v) is 7.41. The lowest BCUT2D eigenvalue weighted by atomic mass is 10.5. The average Bonchev–Trinajstić information content (AvgIpc) is 1.62. The van der Waals surface area contributed by atoms with Crippen LogP contribution in [0.2, 0.25) is 0 Å². The molecule has 1 atom stereocenters. The summed E-state index contributed by atoms with van der Waals surface area (Å²) in [6.07, 6.45) is 0. The van der Waals surface area contributed by atoms with E-state index in [2.05, 4.69) is 67.8 Å². The van der Waals surface area contributed by atoms with Gasteiger partial charge in [-0.1, -0.05) is 90.4 Å². The maximum absolute atomic E-state index is 10.3. The van der Waals surface area contributed by atoms with Gasteiger partial charge in [0.2, 0.25) is 0 Å². The number of aliphatic carboxylic acids is 1. The van der Waals surface area contributed by atoms with Crippen molar-refractivity contribution in [2.45, 2.75) is 3.36 Å². The van der Waals surface area contributed by atoms with Crippen molar-refractivity contribution in [2.75, 3.05) is 0 Å². The van der Waals surface area contributed by atoms with Gasteiger partial charge in [0.05, 0.1) is 0 Å². The van der Waals surface area contributed by atoms with Crippen LogP contribution in [0, 0.1) is 0 Å². The summed E-state index contributed by atoms with van der Waals surface area (Å²) < 4.78 is -0.559. The van der Waals surface area contributed by atoms with Crippen LogP contribution in [0.1, 0.15) is 0 Å². The van der Waals surface area contributed by atoms with E-state index in [4.69, 9.17) is 5.11 Å². The molecular weight excluding hydrogens is 576 g/mol. The zero-order chi connectivity index (χ0) is 7.65. The van der Waals surface area contributed by atoms with Gasteiger partial charge in [-0.3, -0.25) is 4.79 Å². The van der Waals surface area contributed by atoms with E-state index in [1.54, 1.807) is 0 Å². The number of carbonyl (C=O) groups is 1. The summed E-state index contributed by atoms with van der Waals surface area (Å²) in [5.41, 5.74) is 0. The Hall–Kier alpha value is 2.39. The zero-order valence-electron chi connectivity index (χ0n) is 3.94. The number of halogens is 4. The molecule has 0 rings (SSSR count). The maximum atomic E-state index is 10.3. The quantitative estimate of drug-likeness (QED) is 0.405. The minimum Gasteiger partial charge on any atom is -0.480 e. The van der Waals surface area contributed by atoms with Gasteiger partial charge in [-0.05, 0) is 0 Å². The lowest BCUT2D eigenvalue weighted by Crippen LogP contribution is -2.25. The van der Waals surface area contributed by atoms with Crippen LogP contribution >= 0.6 is 90.4 Å². The standard InChI is InChI=1S/C3H2I4O2/c4-1(2(8)9)3(5,6)7/h1H,(H,8,9). The number of alkyl halides is 4. The summed E-state index contributed by atoms with van der Waals surface area (Å²) in [6, 6.07) is 0. The first kappa shape index (κ1) is 11.4. The first-order chi connectivity index (χ1) is 3.85. The molecule has 0 radical (unpaired) electrons. The predicted molar refractivity (Wildman–Crippen MR) is 70.2 cm³/mol. The van der Waals surface area contributed by atoms with Gasteiger partial charge in [-0.15, -0.1) is 0 Å². The Morgan fingerprint density at radius 2 is 1.78 bits per heavy atom. The Labute approximate surface area is 107 Å². The molecule has 0 heterocycles. The topological polar surface area (TPSA) is 37.3 Å². The second kappa shape index (κ2) is 4.42. The Bertz CT molecular complexity index is 117. The number of carboxylic acid groups (broad SMARTS) is 1. The predicted octanol–water partition coefficient (Wildman–Crippen LogP) is 2.83. The van der Waals surface area contributed by atoms with Crippen LogP contribution in [0.15, 0.2) is 0 Å². The minimum atomic E-state index is -0.756. The highest BCUT2D eigenvalue weighted by Crippen LogP contribution is 2.42. The number of rotatable bonds is 2. The summed E-state index contributed by atoms with van der Waals surface area (Å²) >= 11 is 8.22. The van der Waals surface area contributed by atoms with Gasteiger partial charge in [-0.25, -0.2) is 0 Å². The van der Waals surface area contributed by atoms with Crippen molar-refractivity contribution in [3.8, 4) is 0 Å². The third-order valence-electron chi connectivity index (χ3n) is 0.504. The van der Waals surface area contributed by atoms with Crippen molar-refractivity contribution < 1.29 is 9.90 Å². The largest absolute Gasteiger partial charge is 0.480 e. The van der Waals surface area contributed by atoms with Crippen LogP contribution in [-0.2, 0) is 4.79 Å². The van der Waals surface area contributed by atoms with E-state index in [9.17, 15) is 4.79 Å². The normalized spacial score (nSPS) is 15.1. The molecule has 0 bridgehead atoms. The molecule has 1 unspecified atom stereocenters. The van der Waals surface area contributed by atoms with Crippen LogP contribution in [0.25, 0.3) is 0 Å². The van der Waals surface area contributed by atoms with Crippen molar-refractivity contribution in [1.29, 1.82) is 0 Å². The summed E-state index contributed by atoms with van der Waals surface area (Å²) in [5, 5.41) is 8.50. The molecule has 9 heavy (non-hydrogen) atoms. The first-order valence-electron chi connectivity index (χ1n) is 1.79. The second-order valence-corrected chi connectivity index (χ2v) is 13.8. The molecule has 0 saturated heterocycles. The van der Waals surface area contributed by atoms with Crippen molar-refractivity contribution in [3.05, 3.63) is 0 Å². The van der Waals surface area contributed by atoms with Gasteiger partial charge in [0.15, 0.2) is 0 Å². The van der Waals surface area contributed by atoms with Crippen LogP contribution in [0.5, 0.6) is 0 Å². The van der Waals surface area contributed by atoms with Gasteiger partial charge < -0.3 is 5.11 Å². The highest BCUT2D eigenvalue weighted by Gasteiger charge is 2.33. The van der Waals surface area contributed by atoms with Crippen molar-refractivity contribution in [3.63, 3.8) is 0 Å². The van der Waals surface area contributed by atoms with E-state index < -0.39 is 5.97 Å². The number of hydrogen-bond donors (Lipinski definition) is 1. The fourth-order valence-electron chi connectivity index (χ4n) is 0.140. The fourth-order valence-corrected chi connectivity index (χ4v) is 0.939. The van der Waals surface area contributed by atoms with Crippen LogP contribution in [0.3, 0.4) is 0 Å². The van der Waals surface area contributed by atoms with Crippen LogP contribution in [-0.4, -0.2) is 14.4 Å². The second-order valence-electron chi connectivity index (χ2n) is 1.24. The van der Waals surface area contributed by atoms with E-state index in [0.29, 0.717) is 0 Å². The van der Waals surface area contributed by atoms with Gasteiger partial charge in [0, 0.05) is 0 Å². The first-order valence-corrected chi connectivity index (χ1v) is 6.27. The monoisotopic (exact) mass is 578 g/mol. The number of carboxylic acids is 1. The molecule has 0 aromatic rings. The molecule has 0 aliphatic rings. The molecule has 0 aromatic heterocycles. The molecule has 0 saturated carbocycles. The minimum absolute atomic E-state index is 0.223. The Morgan fingerprint density at radius 3 is 1.78 bits per heavy atom. The van der Waals surface area contributed by atoms with Crippen LogP contribution < -0.4 is 0 Å². The molecule has 6 heteroatoms. The molecule has 0 aliphatic heterocycles. The third kappa shape index (κ3) is 4.76. The highest BCUT2D eigenvalue weighted by atomic mass is 127. The van der Waals surface area contributed by atoms with E-state index in [1.165, 1.54) is 0 Å². The summed E-state index contributed by atoms with van der Waals surface area (Å²) in [5.74, 6) is -0.756.